The van der Waals surface area contributed by atoms with E-state index in [1.54, 1.807) is 0 Å². The second-order valence-corrected chi connectivity index (χ2v) is 0.671. The van der Waals surface area contributed by atoms with Gasteiger partial charge in [-0.3, -0.25) is 0 Å². The van der Waals surface area contributed by atoms with Crippen molar-refractivity contribution in [3.63, 3.8) is 0 Å². The molecule has 3 N–H and O–H groups in total. The number of rotatable bonds is 0. The smallest absolute Gasteiger partial charge is 0.356 e. The minimum absolute atomic E-state index is 0. The van der Waals surface area contributed by atoms with Gasteiger partial charge in [0.2, 0.25) is 0 Å². The first-order valence-electron chi connectivity index (χ1n) is 1.64. The average Bonchev–Trinajstić information content (AvgIpc) is 1.54. The van der Waals surface area contributed by atoms with Crippen LogP contribution in [0.1, 0.15) is 0 Å². The second-order valence-electron chi connectivity index (χ2n) is 0.671. The zero-order chi connectivity index (χ0) is 10.7. The first kappa shape index (κ1) is 29.6. The quantitative estimate of drug-likeness (QED) is 0.304. The van der Waals surface area contributed by atoms with Gasteiger partial charge in [-0.25, -0.2) is 0 Å². The van der Waals surface area contributed by atoms with Crippen molar-refractivity contribution in [3.05, 3.63) is 46.0 Å². The molecule has 0 aliphatic heterocycles. The zero-order valence-electron chi connectivity index (χ0n) is 6.30. The third kappa shape index (κ3) is 229. The molecule has 14 heteroatoms. The molecular formula is H3AlN4O9. The van der Waals surface area contributed by atoms with Crippen LogP contribution in [0.2, 0.25) is 0 Å². The molecule has 0 atom stereocenters. The van der Waals surface area contributed by atoms with Crippen LogP contribution in [0.3, 0.4) is 0 Å². The first-order chi connectivity index (χ1) is 5.20. The Kier molecular flexibility index (Phi) is 47.5. The molecule has 0 unspecified atom stereocenters. The first-order valence-corrected chi connectivity index (χ1v) is 1.64. The van der Waals surface area contributed by atoms with Crippen molar-refractivity contribution in [2.24, 2.45) is 0 Å². The third-order valence-corrected chi connectivity index (χ3v) is 0. The fourth-order valence-corrected chi connectivity index (χ4v) is 0. The maximum absolute atomic E-state index is 8.25. The number of hydrogen-bond acceptors (Lipinski definition) is 10. The summed E-state index contributed by atoms with van der Waals surface area (Å²) in [6, 6.07) is 0. The standard InChI is InChI=1S/Al.3NO3.H3N/c;3*2-1(3)4;/h;;;;1H3/q+3;3*-1;. The SMILES string of the molecule is N.O=[N+]([O-])[O-].O=[N+]([O-])[O-].O=[N+]([O-])[O-].[Al+3]. The van der Waals surface area contributed by atoms with Crippen LogP contribution in [0, 0.1) is 46.0 Å². The fraction of sp³-hybridized carbons (Fsp3) is 0. The van der Waals surface area contributed by atoms with Crippen LogP contribution in [0.5, 0.6) is 0 Å². The summed E-state index contributed by atoms with van der Waals surface area (Å²) in [4.78, 5) is 24.8. The van der Waals surface area contributed by atoms with E-state index in [1.807, 2.05) is 0 Å². The van der Waals surface area contributed by atoms with Gasteiger partial charge in [0.25, 0.3) is 0 Å². The molecule has 0 spiro atoms. The van der Waals surface area contributed by atoms with Gasteiger partial charge in [0.05, 0.1) is 15.3 Å². The number of nitrogens with zero attached hydrogens (tertiary/aromatic N) is 3. The molecule has 0 radical (unpaired) electrons. The molecule has 0 saturated carbocycles. The van der Waals surface area contributed by atoms with Crippen molar-refractivity contribution >= 4 is 17.4 Å². The van der Waals surface area contributed by atoms with Crippen LogP contribution in [0.15, 0.2) is 0 Å². The molecule has 0 fully saturated rings. The largest absolute Gasteiger partial charge is 3.00 e. The van der Waals surface area contributed by atoms with Crippen LogP contribution in [0.4, 0.5) is 0 Å². The Balaban J connectivity index is -0.0000000270. The topological polar surface area (TPSA) is 234 Å². The summed E-state index contributed by atoms with van der Waals surface area (Å²) in [6.45, 7) is 0. The van der Waals surface area contributed by atoms with Gasteiger partial charge in [0.15, 0.2) is 0 Å². The van der Waals surface area contributed by atoms with E-state index in [1.165, 1.54) is 0 Å². The average molecular weight is 230 g/mol. The van der Waals surface area contributed by atoms with E-state index in [2.05, 4.69) is 0 Å². The molecule has 80 valence electrons. The van der Waals surface area contributed by atoms with Crippen molar-refractivity contribution in [2.75, 3.05) is 0 Å². The van der Waals surface area contributed by atoms with Gasteiger partial charge in [-0.05, 0) is 0 Å². The van der Waals surface area contributed by atoms with Gasteiger partial charge < -0.3 is 52.1 Å². The predicted molar refractivity (Wildman–Crippen MR) is 41.9 cm³/mol. The molecule has 0 heterocycles. The van der Waals surface area contributed by atoms with Gasteiger partial charge in [-0.15, -0.1) is 0 Å². The van der Waals surface area contributed by atoms with Gasteiger partial charge >= 0.3 is 17.4 Å². The molecule has 0 rings (SSSR count). The molecule has 14 heavy (non-hydrogen) atoms. The molecule has 0 aromatic heterocycles. The summed E-state index contributed by atoms with van der Waals surface area (Å²) in [7, 11) is 0. The van der Waals surface area contributed by atoms with Gasteiger partial charge in [-0.2, -0.15) is 0 Å². The molecule has 0 aliphatic carbocycles. The molecular weight excluding hydrogens is 227 g/mol. The van der Waals surface area contributed by atoms with Crippen LogP contribution in [-0.4, -0.2) is 32.6 Å². The van der Waals surface area contributed by atoms with Gasteiger partial charge in [-0.1, -0.05) is 0 Å². The van der Waals surface area contributed by atoms with E-state index in [0.29, 0.717) is 0 Å². The van der Waals surface area contributed by atoms with Gasteiger partial charge in [0, 0.05) is 0 Å². The third-order valence-electron chi connectivity index (χ3n) is 0. The van der Waals surface area contributed by atoms with Crippen molar-refractivity contribution < 1.29 is 15.3 Å². The molecule has 0 aromatic rings. The van der Waals surface area contributed by atoms with E-state index >= 15 is 0 Å². The van der Waals surface area contributed by atoms with Crippen LogP contribution >= 0.6 is 0 Å². The zero-order valence-corrected chi connectivity index (χ0v) is 7.46. The van der Waals surface area contributed by atoms with E-state index < -0.39 is 15.3 Å². The van der Waals surface area contributed by atoms with Crippen LogP contribution in [-0.2, 0) is 0 Å². The van der Waals surface area contributed by atoms with E-state index in [4.69, 9.17) is 46.0 Å². The molecule has 13 nitrogen and oxygen atoms in total. The molecule has 0 bridgehead atoms. The Morgan fingerprint density at radius 3 is 0.571 bits per heavy atom. The van der Waals surface area contributed by atoms with E-state index in [-0.39, 0.29) is 23.5 Å². The van der Waals surface area contributed by atoms with Crippen LogP contribution < -0.4 is 6.15 Å². The Hall–Kier alpha value is -1.91. The Morgan fingerprint density at radius 1 is 0.571 bits per heavy atom. The second kappa shape index (κ2) is 22.5. The minimum Gasteiger partial charge on any atom is -0.356 e. The van der Waals surface area contributed by atoms with Crippen molar-refractivity contribution in [1.82, 2.24) is 6.15 Å². The van der Waals surface area contributed by atoms with Crippen molar-refractivity contribution in [1.29, 1.82) is 0 Å². The number of hydrogen-bond donors (Lipinski definition) is 1. The summed E-state index contributed by atoms with van der Waals surface area (Å²) in [5.41, 5.74) is 0. The Labute approximate surface area is 85.6 Å². The summed E-state index contributed by atoms with van der Waals surface area (Å²) in [5.74, 6) is 0. The molecule has 0 aromatic carbocycles. The fourth-order valence-electron chi connectivity index (χ4n) is 0. The summed E-state index contributed by atoms with van der Waals surface area (Å²) in [6.07, 6.45) is 0. The minimum atomic E-state index is -1.75. The normalized spacial score (nSPS) is 5.14. The van der Waals surface area contributed by atoms with Gasteiger partial charge in [0.1, 0.15) is 0 Å². The summed E-state index contributed by atoms with van der Waals surface area (Å²) >= 11 is 0. The predicted octanol–water partition coefficient (Wildman–Crippen LogP) is -0.936. The monoisotopic (exact) mass is 230 g/mol. The molecule has 0 aliphatic rings. The maximum atomic E-state index is 8.25. The Bertz CT molecular complexity index is 114. The molecule has 0 amide bonds. The van der Waals surface area contributed by atoms with E-state index in [9.17, 15) is 0 Å². The van der Waals surface area contributed by atoms with Crippen LogP contribution in [0.25, 0.3) is 0 Å². The summed E-state index contributed by atoms with van der Waals surface area (Å²) in [5, 5.41) is 44.2. The van der Waals surface area contributed by atoms with E-state index in [0.717, 1.165) is 0 Å². The van der Waals surface area contributed by atoms with Crippen molar-refractivity contribution in [2.45, 2.75) is 0 Å². The summed E-state index contributed by atoms with van der Waals surface area (Å²) < 4.78 is 0. The van der Waals surface area contributed by atoms with Crippen molar-refractivity contribution in [3.8, 4) is 0 Å². The Morgan fingerprint density at radius 2 is 0.571 bits per heavy atom. The molecule has 0 saturated heterocycles. The maximum Gasteiger partial charge on any atom is 3.00 e.